The zero-order valence-electron chi connectivity index (χ0n) is 11.1. The Labute approximate surface area is 115 Å². The Bertz CT molecular complexity index is 711. The number of carbonyl (C=O) groups excluding carboxylic acids is 1. The van der Waals surface area contributed by atoms with Crippen LogP contribution >= 0.6 is 0 Å². The van der Waals surface area contributed by atoms with Gasteiger partial charge in [-0.3, -0.25) is 5.43 Å². The molecule has 0 fully saturated rings. The zero-order chi connectivity index (χ0) is 14.5. The van der Waals surface area contributed by atoms with Gasteiger partial charge in [-0.2, -0.15) is 10.4 Å². The quantitative estimate of drug-likeness (QED) is 0.500. The molecule has 0 aliphatic carbocycles. The molecule has 0 aliphatic heterocycles. The molecule has 0 unspecified atom stereocenters. The van der Waals surface area contributed by atoms with E-state index in [-0.39, 0.29) is 12.3 Å². The van der Waals surface area contributed by atoms with E-state index in [1.54, 1.807) is 25.1 Å². The van der Waals surface area contributed by atoms with Crippen LogP contribution in [-0.2, 0) is 9.53 Å². The lowest BCUT2D eigenvalue weighted by Gasteiger charge is -2.01. The summed E-state index contributed by atoms with van der Waals surface area (Å²) in [5.74, 6) is 0.0610. The van der Waals surface area contributed by atoms with Crippen LogP contribution in [0.25, 0.3) is 11.0 Å². The Kier molecular flexibility index (Phi) is 3.96. The van der Waals surface area contributed by atoms with E-state index in [4.69, 9.17) is 10.00 Å². The summed E-state index contributed by atoms with van der Waals surface area (Å²) >= 11 is 0. The molecule has 7 nitrogen and oxygen atoms in total. The molecule has 0 atom stereocenters. The first-order valence-corrected chi connectivity index (χ1v) is 6.01. The van der Waals surface area contributed by atoms with Gasteiger partial charge in [0.15, 0.2) is 0 Å². The Hall–Kier alpha value is -2.88. The van der Waals surface area contributed by atoms with Crippen molar-refractivity contribution in [3.63, 3.8) is 0 Å². The van der Waals surface area contributed by atoms with E-state index >= 15 is 0 Å². The van der Waals surface area contributed by atoms with Crippen molar-refractivity contribution in [1.82, 2.24) is 9.97 Å². The number of imidazole rings is 1. The van der Waals surface area contributed by atoms with Gasteiger partial charge < -0.3 is 9.72 Å². The van der Waals surface area contributed by atoms with Crippen LogP contribution in [0.3, 0.4) is 0 Å². The number of hydrazone groups is 1. The van der Waals surface area contributed by atoms with Gasteiger partial charge in [-0.15, -0.1) is 0 Å². The topological polar surface area (TPSA) is 103 Å². The number of fused-ring (bicyclic) bond motifs is 1. The van der Waals surface area contributed by atoms with Gasteiger partial charge in [-0.1, -0.05) is 0 Å². The fraction of sp³-hybridized carbons (Fsp3) is 0.231. The first kappa shape index (κ1) is 13.5. The summed E-state index contributed by atoms with van der Waals surface area (Å²) in [6.07, 6.45) is 0. The highest BCUT2D eigenvalue weighted by Crippen LogP contribution is 2.16. The van der Waals surface area contributed by atoms with E-state index < -0.39 is 5.97 Å². The number of anilines is 1. The second kappa shape index (κ2) is 5.84. The maximum absolute atomic E-state index is 11.4. The molecular weight excluding hydrogens is 258 g/mol. The molecular formula is C13H13N5O2. The third-order valence-electron chi connectivity index (χ3n) is 2.47. The van der Waals surface area contributed by atoms with E-state index in [1.807, 2.05) is 13.0 Å². The van der Waals surface area contributed by atoms with Crippen molar-refractivity contribution in [2.24, 2.45) is 5.10 Å². The van der Waals surface area contributed by atoms with Gasteiger partial charge in [0.25, 0.3) is 0 Å². The largest absolute Gasteiger partial charge is 0.461 e. The van der Waals surface area contributed by atoms with Crippen LogP contribution < -0.4 is 5.43 Å². The number of esters is 1. The van der Waals surface area contributed by atoms with E-state index in [0.29, 0.717) is 5.69 Å². The minimum atomic E-state index is -0.749. The first-order valence-electron chi connectivity index (χ1n) is 6.01. The smallest absolute Gasteiger partial charge is 0.369 e. The number of nitriles is 1. The number of hydrogen-bond acceptors (Lipinski definition) is 6. The van der Waals surface area contributed by atoms with Crippen molar-refractivity contribution in [3.05, 3.63) is 24.0 Å². The molecule has 0 aliphatic rings. The minimum Gasteiger partial charge on any atom is -0.461 e. The highest BCUT2D eigenvalue weighted by molar-refractivity contribution is 6.43. The Morgan fingerprint density at radius 1 is 1.60 bits per heavy atom. The second-order valence-electron chi connectivity index (χ2n) is 3.96. The van der Waals surface area contributed by atoms with Crippen molar-refractivity contribution in [3.8, 4) is 6.07 Å². The third kappa shape index (κ3) is 2.92. The molecule has 0 saturated carbocycles. The fourth-order valence-electron chi connectivity index (χ4n) is 1.64. The number of aryl methyl sites for hydroxylation is 1. The zero-order valence-corrected chi connectivity index (χ0v) is 11.1. The molecule has 0 spiro atoms. The normalized spacial score (nSPS) is 11.2. The minimum absolute atomic E-state index is 0.193. The lowest BCUT2D eigenvalue weighted by Crippen LogP contribution is -2.17. The summed E-state index contributed by atoms with van der Waals surface area (Å²) in [7, 11) is 0. The average molecular weight is 271 g/mol. The summed E-state index contributed by atoms with van der Waals surface area (Å²) in [5.41, 5.74) is 4.65. The molecule has 20 heavy (non-hydrogen) atoms. The number of nitrogens with zero attached hydrogens (tertiary/aromatic N) is 3. The lowest BCUT2D eigenvalue weighted by atomic mass is 10.3. The highest BCUT2D eigenvalue weighted by Gasteiger charge is 2.11. The maximum atomic E-state index is 11.4. The molecule has 102 valence electrons. The van der Waals surface area contributed by atoms with Gasteiger partial charge in [0.1, 0.15) is 11.9 Å². The molecule has 0 amide bonds. The van der Waals surface area contributed by atoms with E-state index in [2.05, 4.69) is 20.5 Å². The number of aromatic amines is 1. The standard InChI is InChI=1S/C13H13N5O2/c1-3-20-13(19)12(7-14)18-17-9-4-5-10-11(6-9)16-8(2)15-10/h4-6,17H,3H2,1-2H3,(H,15,16). The fourth-order valence-corrected chi connectivity index (χ4v) is 1.64. The Morgan fingerprint density at radius 2 is 2.40 bits per heavy atom. The molecule has 0 radical (unpaired) electrons. The third-order valence-corrected chi connectivity index (χ3v) is 2.47. The molecule has 0 saturated heterocycles. The molecule has 7 heteroatoms. The summed E-state index contributed by atoms with van der Waals surface area (Å²) < 4.78 is 4.71. The number of nitrogens with one attached hydrogen (secondary N) is 2. The van der Waals surface area contributed by atoms with Crippen LogP contribution in [-0.4, -0.2) is 28.3 Å². The number of benzene rings is 1. The molecule has 0 bridgehead atoms. The Morgan fingerprint density at radius 3 is 3.10 bits per heavy atom. The highest BCUT2D eigenvalue weighted by atomic mass is 16.5. The second-order valence-corrected chi connectivity index (χ2v) is 3.96. The summed E-state index contributed by atoms with van der Waals surface area (Å²) in [6.45, 7) is 3.72. The van der Waals surface area contributed by atoms with Crippen LogP contribution in [0.15, 0.2) is 23.3 Å². The predicted octanol–water partition coefficient (Wildman–Crippen LogP) is 1.73. The van der Waals surface area contributed by atoms with E-state index in [9.17, 15) is 4.79 Å². The SMILES string of the molecule is CCOC(=O)C(C#N)=NNc1ccc2nc(C)[nH]c2c1. The van der Waals surface area contributed by atoms with Crippen molar-refractivity contribution >= 4 is 28.4 Å². The number of carbonyl (C=O) groups is 1. The average Bonchev–Trinajstić information content (AvgIpc) is 2.79. The maximum Gasteiger partial charge on any atom is 0.369 e. The van der Waals surface area contributed by atoms with E-state index in [0.717, 1.165) is 16.9 Å². The number of aromatic nitrogens is 2. The number of ether oxygens (including phenoxy) is 1. The summed E-state index contributed by atoms with van der Waals surface area (Å²) in [4.78, 5) is 18.7. The van der Waals surface area contributed by atoms with Crippen LogP contribution in [0.1, 0.15) is 12.7 Å². The van der Waals surface area contributed by atoms with Crippen molar-refractivity contribution in [2.75, 3.05) is 12.0 Å². The van der Waals surface area contributed by atoms with Gasteiger partial charge in [0.05, 0.1) is 23.3 Å². The van der Waals surface area contributed by atoms with Gasteiger partial charge in [-0.25, -0.2) is 9.78 Å². The number of hydrogen-bond donors (Lipinski definition) is 2. The van der Waals surface area contributed by atoms with E-state index in [1.165, 1.54) is 0 Å². The summed E-state index contributed by atoms with van der Waals surface area (Å²) in [6, 6.07) is 7.05. The summed E-state index contributed by atoms with van der Waals surface area (Å²) in [5, 5.41) is 12.6. The van der Waals surface area contributed by atoms with Crippen LogP contribution in [0, 0.1) is 18.3 Å². The number of H-pyrrole nitrogens is 1. The molecule has 2 rings (SSSR count). The number of rotatable bonds is 4. The van der Waals surface area contributed by atoms with Crippen molar-refractivity contribution < 1.29 is 9.53 Å². The van der Waals surface area contributed by atoms with Crippen molar-refractivity contribution in [1.29, 1.82) is 5.26 Å². The van der Waals surface area contributed by atoms with Gasteiger partial charge in [-0.05, 0) is 32.0 Å². The van der Waals surface area contributed by atoms with Gasteiger partial charge in [0, 0.05) is 0 Å². The predicted molar refractivity (Wildman–Crippen MR) is 74.1 cm³/mol. The lowest BCUT2D eigenvalue weighted by molar-refractivity contribution is -0.134. The first-order chi connectivity index (χ1) is 9.63. The van der Waals surface area contributed by atoms with Gasteiger partial charge >= 0.3 is 5.97 Å². The van der Waals surface area contributed by atoms with Crippen molar-refractivity contribution in [2.45, 2.75) is 13.8 Å². The Balaban J connectivity index is 2.18. The van der Waals surface area contributed by atoms with Crippen LogP contribution in [0.2, 0.25) is 0 Å². The molecule has 2 aromatic rings. The van der Waals surface area contributed by atoms with Crippen LogP contribution in [0.4, 0.5) is 5.69 Å². The molecule has 1 aromatic carbocycles. The van der Waals surface area contributed by atoms with Gasteiger partial charge in [0.2, 0.25) is 5.71 Å². The molecule has 1 heterocycles. The molecule has 2 N–H and O–H groups in total. The van der Waals surface area contributed by atoms with Crippen LogP contribution in [0.5, 0.6) is 0 Å². The molecule has 1 aromatic heterocycles. The monoisotopic (exact) mass is 271 g/mol.